The summed E-state index contributed by atoms with van der Waals surface area (Å²) >= 11 is 4.97. The van der Waals surface area contributed by atoms with E-state index in [1.54, 1.807) is 0 Å². The Hall–Kier alpha value is -1.42. The van der Waals surface area contributed by atoms with Crippen molar-refractivity contribution in [2.24, 2.45) is 11.7 Å². The first kappa shape index (κ1) is 15.0. The van der Waals surface area contributed by atoms with Crippen molar-refractivity contribution in [1.82, 2.24) is 5.32 Å². The Morgan fingerprint density at radius 3 is 2.60 bits per heavy atom. The second-order valence-corrected chi connectivity index (χ2v) is 5.91. The van der Waals surface area contributed by atoms with Crippen molar-refractivity contribution in [2.75, 3.05) is 0 Å². The number of hydrogen-bond acceptors (Lipinski definition) is 2. The maximum Gasteiger partial charge on any atom is 0.223 e. The van der Waals surface area contributed by atoms with Crippen molar-refractivity contribution in [2.45, 2.75) is 45.1 Å². The number of thiocarbonyl (C=S) groups is 1. The van der Waals surface area contributed by atoms with Gasteiger partial charge in [-0.25, -0.2) is 0 Å². The number of carbonyl (C=O) groups is 1. The summed E-state index contributed by atoms with van der Waals surface area (Å²) in [6, 6.07) is 7.73. The van der Waals surface area contributed by atoms with Crippen LogP contribution in [0.4, 0.5) is 0 Å². The molecule has 2 rings (SSSR count). The van der Waals surface area contributed by atoms with Crippen LogP contribution in [0.1, 0.15) is 49.7 Å². The molecule has 0 unspecified atom stereocenters. The van der Waals surface area contributed by atoms with Crippen LogP contribution in [0.25, 0.3) is 0 Å². The van der Waals surface area contributed by atoms with Crippen LogP contribution in [0, 0.1) is 5.92 Å². The monoisotopic (exact) mass is 290 g/mol. The van der Waals surface area contributed by atoms with E-state index in [0.29, 0.717) is 11.5 Å². The van der Waals surface area contributed by atoms with E-state index in [0.717, 1.165) is 24.0 Å². The highest BCUT2D eigenvalue weighted by Gasteiger charge is 2.19. The molecule has 0 radical (unpaired) electrons. The molecule has 0 spiro atoms. The fraction of sp³-hybridized carbons (Fsp3) is 0.500. The van der Waals surface area contributed by atoms with Crippen LogP contribution >= 0.6 is 12.2 Å². The van der Waals surface area contributed by atoms with Gasteiger partial charge in [0.25, 0.3) is 0 Å². The molecule has 1 saturated carbocycles. The smallest absolute Gasteiger partial charge is 0.223 e. The zero-order valence-corrected chi connectivity index (χ0v) is 12.5. The first-order valence-electron chi connectivity index (χ1n) is 7.33. The predicted octanol–water partition coefficient (Wildman–Crippen LogP) is 2.91. The summed E-state index contributed by atoms with van der Waals surface area (Å²) in [7, 11) is 0. The largest absolute Gasteiger partial charge is 0.389 e. The van der Waals surface area contributed by atoms with E-state index in [1.165, 1.54) is 25.7 Å². The quantitative estimate of drug-likeness (QED) is 0.662. The van der Waals surface area contributed by atoms with Gasteiger partial charge < -0.3 is 11.1 Å². The Labute approximate surface area is 125 Å². The van der Waals surface area contributed by atoms with Crippen molar-refractivity contribution < 1.29 is 4.79 Å². The molecule has 0 heterocycles. The van der Waals surface area contributed by atoms with Gasteiger partial charge in [0, 0.05) is 18.0 Å². The summed E-state index contributed by atoms with van der Waals surface area (Å²) in [5, 5.41) is 3.04. The van der Waals surface area contributed by atoms with Crippen LogP contribution < -0.4 is 11.1 Å². The van der Waals surface area contributed by atoms with Crippen molar-refractivity contribution in [1.29, 1.82) is 0 Å². The van der Waals surface area contributed by atoms with Gasteiger partial charge in [-0.2, -0.15) is 0 Å². The van der Waals surface area contributed by atoms with Gasteiger partial charge in [-0.1, -0.05) is 56.1 Å². The van der Waals surface area contributed by atoms with Crippen LogP contribution in [0.5, 0.6) is 0 Å². The third-order valence-corrected chi connectivity index (χ3v) is 4.14. The Morgan fingerprint density at radius 2 is 1.95 bits per heavy atom. The molecular weight excluding hydrogens is 268 g/mol. The van der Waals surface area contributed by atoms with Gasteiger partial charge in [-0.3, -0.25) is 4.79 Å². The summed E-state index contributed by atoms with van der Waals surface area (Å²) in [5.41, 5.74) is 7.50. The van der Waals surface area contributed by atoms with E-state index in [4.69, 9.17) is 18.0 Å². The third kappa shape index (κ3) is 4.30. The number of hydrogen-bond donors (Lipinski definition) is 2. The second kappa shape index (κ2) is 7.39. The summed E-state index contributed by atoms with van der Waals surface area (Å²) in [4.78, 5) is 12.6. The standard InChI is InChI=1S/C16H22N2OS/c17-15(20)14-9-5-6-12(10-14)11-18-16(19)13-7-3-1-2-4-8-13/h5-6,9-10,13H,1-4,7-8,11H2,(H2,17,20)(H,18,19). The topological polar surface area (TPSA) is 55.1 Å². The summed E-state index contributed by atoms with van der Waals surface area (Å²) in [5.74, 6) is 0.379. The van der Waals surface area contributed by atoms with Crippen molar-refractivity contribution >= 4 is 23.1 Å². The average molecular weight is 290 g/mol. The van der Waals surface area contributed by atoms with Crippen LogP contribution in [-0.4, -0.2) is 10.9 Å². The highest BCUT2D eigenvalue weighted by atomic mass is 32.1. The van der Waals surface area contributed by atoms with Gasteiger partial charge in [0.1, 0.15) is 4.99 Å². The first-order chi connectivity index (χ1) is 9.66. The van der Waals surface area contributed by atoms with E-state index < -0.39 is 0 Å². The minimum absolute atomic E-state index is 0.188. The zero-order valence-electron chi connectivity index (χ0n) is 11.7. The molecule has 1 amide bonds. The molecule has 0 aliphatic heterocycles. The van der Waals surface area contributed by atoms with E-state index in [2.05, 4.69) is 5.32 Å². The minimum atomic E-state index is 0.188. The van der Waals surface area contributed by atoms with Gasteiger partial charge in [-0.15, -0.1) is 0 Å². The number of benzene rings is 1. The lowest BCUT2D eigenvalue weighted by Crippen LogP contribution is -2.30. The molecule has 0 aromatic heterocycles. The highest BCUT2D eigenvalue weighted by molar-refractivity contribution is 7.80. The third-order valence-electron chi connectivity index (χ3n) is 3.90. The number of carbonyl (C=O) groups excluding carboxylic acids is 1. The van der Waals surface area contributed by atoms with Gasteiger partial charge >= 0.3 is 0 Å². The molecule has 1 aromatic rings. The lowest BCUT2D eigenvalue weighted by molar-refractivity contribution is -0.125. The molecule has 3 nitrogen and oxygen atoms in total. The second-order valence-electron chi connectivity index (χ2n) is 5.47. The van der Waals surface area contributed by atoms with Crippen LogP contribution in [0.3, 0.4) is 0 Å². The SMILES string of the molecule is NC(=S)c1cccc(CNC(=O)C2CCCCCC2)c1. The maximum atomic E-state index is 12.2. The van der Waals surface area contributed by atoms with Crippen LogP contribution in [0.2, 0.25) is 0 Å². The van der Waals surface area contributed by atoms with Gasteiger partial charge in [-0.05, 0) is 24.5 Å². The van der Waals surface area contributed by atoms with Gasteiger partial charge in [0.05, 0.1) is 0 Å². The average Bonchev–Trinajstić information content (AvgIpc) is 2.74. The summed E-state index contributed by atoms with van der Waals surface area (Å²) in [6.07, 6.45) is 6.93. The molecular formula is C16H22N2OS. The molecule has 0 saturated heterocycles. The molecule has 4 heteroatoms. The van der Waals surface area contributed by atoms with Crippen LogP contribution in [-0.2, 0) is 11.3 Å². The molecule has 1 aromatic carbocycles. The number of amides is 1. The Bertz CT molecular complexity index is 479. The molecule has 3 N–H and O–H groups in total. The van der Waals surface area contributed by atoms with Crippen molar-refractivity contribution in [3.05, 3.63) is 35.4 Å². The Kier molecular flexibility index (Phi) is 5.53. The molecule has 1 aliphatic carbocycles. The van der Waals surface area contributed by atoms with Crippen LogP contribution in [0.15, 0.2) is 24.3 Å². The fourth-order valence-electron chi connectivity index (χ4n) is 2.71. The van der Waals surface area contributed by atoms with Gasteiger partial charge in [0.2, 0.25) is 5.91 Å². The first-order valence-corrected chi connectivity index (χ1v) is 7.74. The summed E-state index contributed by atoms with van der Waals surface area (Å²) in [6.45, 7) is 0.547. The van der Waals surface area contributed by atoms with E-state index in [1.807, 2.05) is 24.3 Å². The lowest BCUT2D eigenvalue weighted by Gasteiger charge is -2.14. The van der Waals surface area contributed by atoms with E-state index in [9.17, 15) is 4.79 Å². The molecule has 20 heavy (non-hydrogen) atoms. The molecule has 108 valence electrons. The highest BCUT2D eigenvalue weighted by Crippen LogP contribution is 2.22. The lowest BCUT2D eigenvalue weighted by atomic mass is 9.99. The molecule has 0 atom stereocenters. The molecule has 0 bridgehead atoms. The number of nitrogens with two attached hydrogens (primary N) is 1. The predicted molar refractivity (Wildman–Crippen MR) is 85.4 cm³/mol. The van der Waals surface area contributed by atoms with E-state index in [-0.39, 0.29) is 11.8 Å². The maximum absolute atomic E-state index is 12.2. The van der Waals surface area contributed by atoms with Gasteiger partial charge in [0.15, 0.2) is 0 Å². The number of nitrogens with one attached hydrogen (secondary N) is 1. The number of rotatable bonds is 4. The Morgan fingerprint density at radius 1 is 1.25 bits per heavy atom. The molecule has 1 fully saturated rings. The minimum Gasteiger partial charge on any atom is -0.389 e. The fourth-order valence-corrected chi connectivity index (χ4v) is 2.84. The van der Waals surface area contributed by atoms with E-state index >= 15 is 0 Å². The van der Waals surface area contributed by atoms with Crippen molar-refractivity contribution in [3.63, 3.8) is 0 Å². The van der Waals surface area contributed by atoms with Crippen molar-refractivity contribution in [3.8, 4) is 0 Å². The Balaban J connectivity index is 1.89. The molecule has 1 aliphatic rings. The normalized spacial score (nSPS) is 16.4. The summed E-state index contributed by atoms with van der Waals surface area (Å²) < 4.78 is 0. The zero-order chi connectivity index (χ0) is 14.4.